The molecule has 3 amide bonds. The molecule has 0 spiro atoms. The molecule has 1 aliphatic rings. The molecule has 3 rings (SSSR count). The summed E-state index contributed by atoms with van der Waals surface area (Å²) < 4.78 is 0. The lowest BCUT2D eigenvalue weighted by molar-refractivity contribution is -0.121. The van der Waals surface area contributed by atoms with Crippen molar-refractivity contribution in [1.29, 1.82) is 0 Å². The molecule has 1 aliphatic heterocycles. The molecule has 6 heteroatoms. The van der Waals surface area contributed by atoms with Crippen molar-refractivity contribution >= 4 is 40.9 Å². The van der Waals surface area contributed by atoms with Gasteiger partial charge < -0.3 is 5.32 Å². The zero-order valence-electron chi connectivity index (χ0n) is 14.7. The zero-order chi connectivity index (χ0) is 18.7. The smallest absolute Gasteiger partial charge is 0.247 e. The average molecular weight is 368 g/mol. The van der Waals surface area contributed by atoms with Gasteiger partial charge in [0.2, 0.25) is 17.7 Å². The SMILES string of the molecule is Cc1ccc(NC(=O)CS[C@@H]2CC(=O)N(c3ccccc3)C2=O)c(C)c1. The monoisotopic (exact) mass is 368 g/mol. The Hall–Kier alpha value is -2.60. The summed E-state index contributed by atoms with van der Waals surface area (Å²) >= 11 is 1.21. The van der Waals surface area contributed by atoms with Gasteiger partial charge in [0.25, 0.3) is 0 Å². The summed E-state index contributed by atoms with van der Waals surface area (Å²) in [7, 11) is 0. The molecule has 5 nitrogen and oxygen atoms in total. The fraction of sp³-hybridized carbons (Fsp3) is 0.250. The maximum absolute atomic E-state index is 12.5. The van der Waals surface area contributed by atoms with Crippen molar-refractivity contribution < 1.29 is 14.4 Å². The number of carbonyl (C=O) groups is 3. The Morgan fingerprint density at radius 3 is 2.58 bits per heavy atom. The molecule has 1 fully saturated rings. The largest absolute Gasteiger partial charge is 0.325 e. The van der Waals surface area contributed by atoms with Gasteiger partial charge in [-0.05, 0) is 37.6 Å². The van der Waals surface area contributed by atoms with Crippen LogP contribution in [0, 0.1) is 13.8 Å². The first-order valence-corrected chi connectivity index (χ1v) is 9.41. The van der Waals surface area contributed by atoms with E-state index in [-0.39, 0.29) is 29.9 Å². The summed E-state index contributed by atoms with van der Waals surface area (Å²) in [4.78, 5) is 38.1. The van der Waals surface area contributed by atoms with Crippen LogP contribution in [0.3, 0.4) is 0 Å². The standard InChI is InChI=1S/C20H20N2O3S/c1-13-8-9-16(14(2)10-13)21-18(23)12-26-17-11-19(24)22(20(17)25)15-6-4-3-5-7-15/h3-10,17H,11-12H2,1-2H3,(H,21,23)/t17-/m1/s1. The van der Waals surface area contributed by atoms with Gasteiger partial charge in [0.15, 0.2) is 0 Å². The minimum atomic E-state index is -0.521. The molecule has 134 valence electrons. The van der Waals surface area contributed by atoms with E-state index in [1.54, 1.807) is 24.3 Å². The topological polar surface area (TPSA) is 66.5 Å². The van der Waals surface area contributed by atoms with E-state index < -0.39 is 5.25 Å². The van der Waals surface area contributed by atoms with Gasteiger partial charge in [0, 0.05) is 12.1 Å². The molecule has 1 saturated heterocycles. The van der Waals surface area contributed by atoms with Crippen LogP contribution in [0.4, 0.5) is 11.4 Å². The number of carbonyl (C=O) groups excluding carboxylic acids is 3. The number of amides is 3. The minimum Gasteiger partial charge on any atom is -0.325 e. The lowest BCUT2D eigenvalue weighted by Gasteiger charge is -2.14. The van der Waals surface area contributed by atoms with Crippen LogP contribution in [0.5, 0.6) is 0 Å². The molecule has 0 bridgehead atoms. The molecule has 2 aromatic carbocycles. The Bertz CT molecular complexity index is 851. The molecule has 0 aromatic heterocycles. The Kier molecular flexibility index (Phi) is 5.42. The van der Waals surface area contributed by atoms with Crippen LogP contribution in [0.25, 0.3) is 0 Å². The van der Waals surface area contributed by atoms with Crippen molar-refractivity contribution in [2.24, 2.45) is 0 Å². The van der Waals surface area contributed by atoms with Crippen molar-refractivity contribution in [1.82, 2.24) is 0 Å². The lowest BCUT2D eigenvalue weighted by atomic mass is 10.1. The molecule has 0 unspecified atom stereocenters. The third-order valence-corrected chi connectivity index (χ3v) is 5.39. The number of imide groups is 1. The fourth-order valence-electron chi connectivity index (χ4n) is 2.90. The maximum Gasteiger partial charge on any atom is 0.247 e. The molecule has 26 heavy (non-hydrogen) atoms. The highest BCUT2D eigenvalue weighted by atomic mass is 32.2. The van der Waals surface area contributed by atoms with E-state index in [0.29, 0.717) is 5.69 Å². The summed E-state index contributed by atoms with van der Waals surface area (Å²) in [5, 5.41) is 2.34. The van der Waals surface area contributed by atoms with Gasteiger partial charge in [-0.15, -0.1) is 11.8 Å². The van der Waals surface area contributed by atoms with Crippen molar-refractivity contribution in [3.05, 3.63) is 59.7 Å². The second-order valence-electron chi connectivity index (χ2n) is 6.27. The molecule has 1 N–H and O–H groups in total. The van der Waals surface area contributed by atoms with Gasteiger partial charge >= 0.3 is 0 Å². The molecule has 2 aromatic rings. The van der Waals surface area contributed by atoms with Crippen molar-refractivity contribution in [2.45, 2.75) is 25.5 Å². The van der Waals surface area contributed by atoms with Gasteiger partial charge in [-0.1, -0.05) is 35.9 Å². The van der Waals surface area contributed by atoms with Crippen LogP contribution in [0.1, 0.15) is 17.5 Å². The van der Waals surface area contributed by atoms with E-state index in [0.717, 1.165) is 16.8 Å². The summed E-state index contributed by atoms with van der Waals surface area (Å²) in [6, 6.07) is 14.7. The summed E-state index contributed by atoms with van der Waals surface area (Å²) in [5.41, 5.74) is 3.46. The highest BCUT2D eigenvalue weighted by Crippen LogP contribution is 2.29. The highest BCUT2D eigenvalue weighted by molar-refractivity contribution is 8.01. The third kappa shape index (κ3) is 3.96. The third-order valence-electron chi connectivity index (χ3n) is 4.19. The van der Waals surface area contributed by atoms with Crippen LogP contribution in [0.15, 0.2) is 48.5 Å². The Labute approximate surface area is 156 Å². The number of thioether (sulfide) groups is 1. The number of para-hydroxylation sites is 1. The number of rotatable bonds is 5. The minimum absolute atomic E-state index is 0.120. The number of hydrogen-bond acceptors (Lipinski definition) is 4. The number of aryl methyl sites for hydroxylation is 2. The molecule has 0 radical (unpaired) electrons. The summed E-state index contributed by atoms with van der Waals surface area (Å²) in [6.45, 7) is 3.93. The Morgan fingerprint density at radius 2 is 1.88 bits per heavy atom. The molecule has 0 aliphatic carbocycles. The van der Waals surface area contributed by atoms with Crippen LogP contribution < -0.4 is 10.2 Å². The number of hydrogen-bond donors (Lipinski definition) is 1. The van der Waals surface area contributed by atoms with E-state index in [1.807, 2.05) is 38.1 Å². The van der Waals surface area contributed by atoms with Gasteiger partial charge in [0.1, 0.15) is 0 Å². The number of nitrogens with zero attached hydrogens (tertiary/aromatic N) is 1. The molecule has 1 heterocycles. The predicted molar refractivity (Wildman–Crippen MR) is 104 cm³/mol. The quantitative estimate of drug-likeness (QED) is 0.823. The van der Waals surface area contributed by atoms with E-state index in [2.05, 4.69) is 5.32 Å². The first kappa shape index (κ1) is 18.2. The van der Waals surface area contributed by atoms with Crippen molar-refractivity contribution in [3.8, 4) is 0 Å². The second-order valence-corrected chi connectivity index (χ2v) is 7.46. The van der Waals surface area contributed by atoms with Crippen molar-refractivity contribution in [2.75, 3.05) is 16.0 Å². The molecule has 1 atom stereocenters. The first-order valence-electron chi connectivity index (χ1n) is 8.36. The Balaban J connectivity index is 1.59. The van der Waals surface area contributed by atoms with Crippen LogP contribution in [-0.4, -0.2) is 28.7 Å². The van der Waals surface area contributed by atoms with Crippen LogP contribution in [0.2, 0.25) is 0 Å². The predicted octanol–water partition coefficient (Wildman–Crippen LogP) is 3.31. The molecular formula is C20H20N2O3S. The first-order chi connectivity index (χ1) is 12.5. The van der Waals surface area contributed by atoms with E-state index in [9.17, 15) is 14.4 Å². The molecule has 0 saturated carbocycles. The Morgan fingerprint density at radius 1 is 1.15 bits per heavy atom. The normalized spacial score (nSPS) is 16.8. The van der Waals surface area contributed by atoms with E-state index in [1.165, 1.54) is 16.7 Å². The average Bonchev–Trinajstić information content (AvgIpc) is 2.90. The molecular weight excluding hydrogens is 348 g/mol. The van der Waals surface area contributed by atoms with Gasteiger partial charge in [0.05, 0.1) is 16.7 Å². The lowest BCUT2D eigenvalue weighted by Crippen LogP contribution is -2.31. The van der Waals surface area contributed by atoms with Crippen molar-refractivity contribution in [3.63, 3.8) is 0 Å². The van der Waals surface area contributed by atoms with E-state index in [4.69, 9.17) is 0 Å². The van der Waals surface area contributed by atoms with E-state index >= 15 is 0 Å². The van der Waals surface area contributed by atoms with Gasteiger partial charge in [-0.2, -0.15) is 0 Å². The zero-order valence-corrected chi connectivity index (χ0v) is 15.5. The number of anilines is 2. The van der Waals surface area contributed by atoms with Gasteiger partial charge in [-0.25, -0.2) is 4.90 Å². The summed E-state index contributed by atoms with van der Waals surface area (Å²) in [5.74, 6) is -0.543. The fourth-order valence-corrected chi connectivity index (χ4v) is 3.83. The maximum atomic E-state index is 12.5. The second kappa shape index (κ2) is 7.74. The number of benzene rings is 2. The van der Waals surface area contributed by atoms with Crippen LogP contribution in [-0.2, 0) is 14.4 Å². The summed E-state index contributed by atoms with van der Waals surface area (Å²) in [6.07, 6.45) is 0.120. The highest BCUT2D eigenvalue weighted by Gasteiger charge is 2.39. The van der Waals surface area contributed by atoms with Gasteiger partial charge in [-0.3, -0.25) is 14.4 Å². The van der Waals surface area contributed by atoms with Crippen LogP contribution >= 0.6 is 11.8 Å². The number of nitrogens with one attached hydrogen (secondary N) is 1.